The van der Waals surface area contributed by atoms with Gasteiger partial charge in [0.2, 0.25) is 5.91 Å². The molecule has 0 bridgehead atoms. The lowest BCUT2D eigenvalue weighted by atomic mass is 9.78. The Kier molecular flexibility index (Phi) is 4.23. The highest BCUT2D eigenvalue weighted by molar-refractivity contribution is 5.83. The average molecular weight is 249 g/mol. The van der Waals surface area contributed by atoms with Crippen molar-refractivity contribution in [3.8, 4) is 6.07 Å². The van der Waals surface area contributed by atoms with Crippen LogP contribution in [0.1, 0.15) is 44.9 Å². The Bertz CT molecular complexity index is 333. The summed E-state index contributed by atoms with van der Waals surface area (Å²) in [6.07, 6.45) is 8.00. The molecule has 2 N–H and O–H groups in total. The van der Waals surface area contributed by atoms with Gasteiger partial charge in [-0.15, -0.1) is 0 Å². The number of carbonyl (C=O) groups excluding carboxylic acids is 1. The number of hydrogen-bond acceptors (Lipinski definition) is 3. The lowest BCUT2D eigenvalue weighted by Crippen LogP contribution is -2.47. The van der Waals surface area contributed by atoms with Crippen molar-refractivity contribution in [1.29, 1.82) is 5.26 Å². The Balaban J connectivity index is 1.83. The third-order valence-electron chi connectivity index (χ3n) is 4.64. The van der Waals surface area contributed by atoms with Crippen LogP contribution in [0.3, 0.4) is 0 Å². The second-order valence-corrected chi connectivity index (χ2v) is 5.86. The smallest absolute Gasteiger partial charge is 0.238 e. The van der Waals surface area contributed by atoms with E-state index in [4.69, 9.17) is 11.0 Å². The number of nitrogens with zero attached hydrogens (tertiary/aromatic N) is 2. The second-order valence-electron chi connectivity index (χ2n) is 5.86. The third kappa shape index (κ3) is 2.84. The van der Waals surface area contributed by atoms with Gasteiger partial charge in [-0.25, -0.2) is 0 Å². The van der Waals surface area contributed by atoms with Gasteiger partial charge in [0.1, 0.15) is 5.41 Å². The van der Waals surface area contributed by atoms with Gasteiger partial charge in [-0.3, -0.25) is 4.79 Å². The molecule has 18 heavy (non-hydrogen) atoms. The number of amides is 1. The summed E-state index contributed by atoms with van der Waals surface area (Å²) in [6, 6.07) is 2.14. The number of primary amides is 1. The number of carbonyl (C=O) groups is 1. The molecule has 0 atom stereocenters. The molecule has 2 aliphatic rings. The van der Waals surface area contributed by atoms with Gasteiger partial charge in [-0.1, -0.05) is 19.3 Å². The molecule has 1 aliphatic carbocycles. The van der Waals surface area contributed by atoms with E-state index in [9.17, 15) is 4.79 Å². The van der Waals surface area contributed by atoms with Gasteiger partial charge >= 0.3 is 0 Å². The van der Waals surface area contributed by atoms with Gasteiger partial charge in [0.25, 0.3) is 0 Å². The summed E-state index contributed by atoms with van der Waals surface area (Å²) in [5.41, 5.74) is 4.46. The molecule has 0 aromatic rings. The summed E-state index contributed by atoms with van der Waals surface area (Å²) in [6.45, 7) is 2.82. The van der Waals surface area contributed by atoms with Crippen LogP contribution in [0.4, 0.5) is 0 Å². The maximum atomic E-state index is 11.4. The van der Waals surface area contributed by atoms with Crippen molar-refractivity contribution < 1.29 is 4.79 Å². The Morgan fingerprint density at radius 3 is 2.39 bits per heavy atom. The zero-order chi connectivity index (χ0) is 13.0. The van der Waals surface area contributed by atoms with Gasteiger partial charge in [0.05, 0.1) is 6.07 Å². The fourth-order valence-electron chi connectivity index (χ4n) is 3.27. The summed E-state index contributed by atoms with van der Waals surface area (Å²) >= 11 is 0. The van der Waals surface area contributed by atoms with E-state index in [1.54, 1.807) is 0 Å². The molecule has 0 aromatic carbocycles. The zero-order valence-electron chi connectivity index (χ0n) is 11.0. The fourth-order valence-corrected chi connectivity index (χ4v) is 3.27. The first-order valence-electron chi connectivity index (χ1n) is 7.10. The lowest BCUT2D eigenvalue weighted by molar-refractivity contribution is -0.127. The van der Waals surface area contributed by atoms with Crippen LogP contribution < -0.4 is 5.73 Å². The Morgan fingerprint density at radius 2 is 1.89 bits per heavy atom. The number of nitriles is 1. The SMILES string of the molecule is N#CC1(C(N)=O)CCN(CC2CCCCC2)CC1. The molecule has 4 nitrogen and oxygen atoms in total. The van der Waals surface area contributed by atoms with Gasteiger partial charge in [-0.05, 0) is 31.6 Å². The maximum absolute atomic E-state index is 11.4. The summed E-state index contributed by atoms with van der Waals surface area (Å²) < 4.78 is 0. The first-order chi connectivity index (χ1) is 8.66. The van der Waals surface area contributed by atoms with Crippen LogP contribution in [0.15, 0.2) is 0 Å². The predicted molar refractivity (Wildman–Crippen MR) is 69.5 cm³/mol. The van der Waals surface area contributed by atoms with Crippen molar-refractivity contribution in [3.63, 3.8) is 0 Å². The largest absolute Gasteiger partial charge is 0.368 e. The standard InChI is InChI=1S/C14H23N3O/c15-11-14(13(16)18)6-8-17(9-7-14)10-12-4-2-1-3-5-12/h12H,1-10H2,(H2,16,18). The Morgan fingerprint density at radius 1 is 1.28 bits per heavy atom. The third-order valence-corrected chi connectivity index (χ3v) is 4.64. The molecule has 1 heterocycles. The highest BCUT2D eigenvalue weighted by atomic mass is 16.1. The topological polar surface area (TPSA) is 70.1 Å². The first kappa shape index (κ1) is 13.4. The van der Waals surface area contributed by atoms with Crippen LogP contribution >= 0.6 is 0 Å². The molecule has 1 aliphatic heterocycles. The Hall–Kier alpha value is -1.08. The summed E-state index contributed by atoms with van der Waals surface area (Å²) in [5.74, 6) is 0.379. The number of likely N-dealkylation sites (tertiary alicyclic amines) is 1. The minimum Gasteiger partial charge on any atom is -0.368 e. The van der Waals surface area contributed by atoms with Gasteiger partial charge in [0.15, 0.2) is 0 Å². The molecule has 0 spiro atoms. The molecule has 0 radical (unpaired) electrons. The fraction of sp³-hybridized carbons (Fsp3) is 0.857. The van der Waals surface area contributed by atoms with Gasteiger partial charge in [-0.2, -0.15) is 5.26 Å². The number of rotatable bonds is 3. The molecule has 1 saturated heterocycles. The van der Waals surface area contributed by atoms with Crippen molar-refractivity contribution in [2.24, 2.45) is 17.1 Å². The van der Waals surface area contributed by atoms with E-state index in [0.29, 0.717) is 12.8 Å². The first-order valence-corrected chi connectivity index (χ1v) is 7.10. The van der Waals surface area contributed by atoms with Crippen molar-refractivity contribution in [2.45, 2.75) is 44.9 Å². The normalized spacial score (nSPS) is 25.5. The molecule has 0 unspecified atom stereocenters. The van der Waals surface area contributed by atoms with E-state index in [1.807, 2.05) is 0 Å². The quantitative estimate of drug-likeness (QED) is 0.827. The molecule has 0 aromatic heterocycles. The molecule has 4 heteroatoms. The van der Waals surface area contributed by atoms with E-state index < -0.39 is 11.3 Å². The molecule has 2 fully saturated rings. The monoisotopic (exact) mass is 249 g/mol. The predicted octanol–water partition coefficient (Wildman–Crippen LogP) is 1.66. The Labute approximate surface area is 109 Å². The zero-order valence-corrected chi connectivity index (χ0v) is 11.0. The van der Waals surface area contributed by atoms with Gasteiger partial charge in [0, 0.05) is 19.6 Å². The maximum Gasteiger partial charge on any atom is 0.238 e. The minimum atomic E-state index is -0.900. The summed E-state index contributed by atoms with van der Waals surface area (Å²) in [7, 11) is 0. The van der Waals surface area contributed by atoms with Crippen LogP contribution in [0, 0.1) is 22.7 Å². The molecule has 1 saturated carbocycles. The molecule has 1 amide bonds. The highest BCUT2D eigenvalue weighted by Gasteiger charge is 2.40. The molecular weight excluding hydrogens is 226 g/mol. The number of nitrogens with two attached hydrogens (primary N) is 1. The summed E-state index contributed by atoms with van der Waals surface area (Å²) in [5, 5.41) is 9.15. The highest BCUT2D eigenvalue weighted by Crippen LogP contribution is 2.32. The van der Waals surface area contributed by atoms with E-state index in [-0.39, 0.29) is 0 Å². The van der Waals surface area contributed by atoms with Crippen LogP contribution in [-0.4, -0.2) is 30.4 Å². The van der Waals surface area contributed by atoms with E-state index >= 15 is 0 Å². The van der Waals surface area contributed by atoms with Crippen LogP contribution in [-0.2, 0) is 4.79 Å². The minimum absolute atomic E-state index is 0.442. The van der Waals surface area contributed by atoms with E-state index in [1.165, 1.54) is 32.1 Å². The van der Waals surface area contributed by atoms with Crippen LogP contribution in [0.25, 0.3) is 0 Å². The van der Waals surface area contributed by atoms with Gasteiger partial charge < -0.3 is 10.6 Å². The van der Waals surface area contributed by atoms with Crippen molar-refractivity contribution >= 4 is 5.91 Å². The second kappa shape index (κ2) is 5.71. The van der Waals surface area contributed by atoms with Crippen LogP contribution in [0.2, 0.25) is 0 Å². The van der Waals surface area contributed by atoms with Crippen molar-refractivity contribution in [3.05, 3.63) is 0 Å². The lowest BCUT2D eigenvalue weighted by Gasteiger charge is -2.37. The van der Waals surface area contributed by atoms with E-state index in [2.05, 4.69) is 11.0 Å². The molecule has 100 valence electrons. The van der Waals surface area contributed by atoms with Crippen molar-refractivity contribution in [2.75, 3.05) is 19.6 Å². The molecule has 2 rings (SSSR count). The van der Waals surface area contributed by atoms with E-state index in [0.717, 1.165) is 25.6 Å². The summed E-state index contributed by atoms with van der Waals surface area (Å²) in [4.78, 5) is 13.8. The molecular formula is C14H23N3O. The van der Waals surface area contributed by atoms with Crippen molar-refractivity contribution in [1.82, 2.24) is 4.90 Å². The van der Waals surface area contributed by atoms with Crippen LogP contribution in [0.5, 0.6) is 0 Å². The average Bonchev–Trinajstić information content (AvgIpc) is 2.41. The number of hydrogen-bond donors (Lipinski definition) is 1. The number of piperidine rings is 1.